The van der Waals surface area contributed by atoms with Gasteiger partial charge in [-0.1, -0.05) is 55.8 Å². The predicted molar refractivity (Wildman–Crippen MR) is 128 cm³/mol. The highest BCUT2D eigenvalue weighted by molar-refractivity contribution is 7.99. The van der Waals surface area contributed by atoms with E-state index < -0.39 is 11.0 Å². The lowest BCUT2D eigenvalue weighted by molar-refractivity contribution is -0.384. The van der Waals surface area contributed by atoms with Crippen molar-refractivity contribution < 1.29 is 14.5 Å². The number of benzene rings is 2. The molecule has 0 saturated heterocycles. The van der Waals surface area contributed by atoms with E-state index in [0.717, 1.165) is 16.7 Å². The first-order valence-corrected chi connectivity index (χ1v) is 11.8. The van der Waals surface area contributed by atoms with Crippen LogP contribution in [0.15, 0.2) is 48.5 Å². The number of carbonyl (C=O) groups excluding carboxylic acids is 2. The largest absolute Gasteiger partial charge is 0.354 e. The second-order valence-corrected chi connectivity index (χ2v) is 9.23. The average Bonchev–Trinajstić information content (AvgIpc) is 2.75. The molecule has 0 aliphatic rings. The molecule has 2 aromatic carbocycles. The fourth-order valence-corrected chi connectivity index (χ4v) is 3.97. The SMILES string of the molecule is Cc1cccc(CN(C(=O)CSCc2ccc([N+](=O)[O-])cc2)[C@@H](C)C(=O)NCC(C)C)c1. The molecule has 2 amide bonds. The molecule has 0 unspecified atom stereocenters. The van der Waals surface area contributed by atoms with Gasteiger partial charge in [-0.05, 0) is 30.9 Å². The Kier molecular flexibility index (Phi) is 9.71. The fourth-order valence-electron chi connectivity index (χ4n) is 3.10. The van der Waals surface area contributed by atoms with E-state index in [2.05, 4.69) is 5.32 Å². The lowest BCUT2D eigenvalue weighted by atomic mass is 10.1. The van der Waals surface area contributed by atoms with Crippen LogP contribution in [-0.2, 0) is 21.9 Å². The molecule has 7 nitrogen and oxygen atoms in total. The highest BCUT2D eigenvalue weighted by Crippen LogP contribution is 2.19. The average molecular weight is 458 g/mol. The van der Waals surface area contributed by atoms with Crippen LogP contribution < -0.4 is 5.32 Å². The molecule has 0 saturated carbocycles. The van der Waals surface area contributed by atoms with Gasteiger partial charge in [-0.3, -0.25) is 19.7 Å². The molecule has 0 radical (unpaired) electrons. The maximum atomic E-state index is 13.1. The van der Waals surface area contributed by atoms with Gasteiger partial charge in [0.05, 0.1) is 10.7 Å². The van der Waals surface area contributed by atoms with Gasteiger partial charge in [0, 0.05) is 31.0 Å². The van der Waals surface area contributed by atoms with Crippen LogP contribution in [0, 0.1) is 23.0 Å². The first kappa shape index (κ1) is 25.4. The van der Waals surface area contributed by atoms with Crippen molar-refractivity contribution in [1.82, 2.24) is 10.2 Å². The summed E-state index contributed by atoms with van der Waals surface area (Å²) in [7, 11) is 0. The summed E-state index contributed by atoms with van der Waals surface area (Å²) < 4.78 is 0. The monoisotopic (exact) mass is 457 g/mol. The van der Waals surface area contributed by atoms with Crippen molar-refractivity contribution in [1.29, 1.82) is 0 Å². The number of nitro groups is 1. The van der Waals surface area contributed by atoms with E-state index in [9.17, 15) is 19.7 Å². The quantitative estimate of drug-likeness (QED) is 0.401. The van der Waals surface area contributed by atoms with Gasteiger partial charge < -0.3 is 10.2 Å². The van der Waals surface area contributed by atoms with Crippen molar-refractivity contribution in [2.45, 2.75) is 46.0 Å². The summed E-state index contributed by atoms with van der Waals surface area (Å²) in [6.45, 7) is 8.71. The lowest BCUT2D eigenvalue weighted by Gasteiger charge is -2.29. The highest BCUT2D eigenvalue weighted by atomic mass is 32.2. The Bertz CT molecular complexity index is 931. The van der Waals surface area contributed by atoms with Crippen LogP contribution in [0.5, 0.6) is 0 Å². The smallest absolute Gasteiger partial charge is 0.269 e. The van der Waals surface area contributed by atoms with E-state index in [1.165, 1.54) is 23.9 Å². The number of carbonyl (C=O) groups is 2. The number of nitrogens with zero attached hydrogens (tertiary/aromatic N) is 2. The van der Waals surface area contributed by atoms with Crippen molar-refractivity contribution in [3.05, 3.63) is 75.3 Å². The van der Waals surface area contributed by atoms with Gasteiger partial charge in [0.2, 0.25) is 11.8 Å². The highest BCUT2D eigenvalue weighted by Gasteiger charge is 2.26. The first-order valence-electron chi connectivity index (χ1n) is 10.6. The summed E-state index contributed by atoms with van der Waals surface area (Å²) in [5.41, 5.74) is 3.02. The third kappa shape index (κ3) is 8.00. The first-order chi connectivity index (χ1) is 15.2. The Labute approximate surface area is 193 Å². The van der Waals surface area contributed by atoms with E-state index in [1.54, 1.807) is 24.0 Å². The van der Waals surface area contributed by atoms with Crippen molar-refractivity contribution in [2.24, 2.45) is 5.92 Å². The van der Waals surface area contributed by atoms with Crippen LogP contribution in [-0.4, -0.2) is 40.0 Å². The van der Waals surface area contributed by atoms with Crippen molar-refractivity contribution >= 4 is 29.3 Å². The summed E-state index contributed by atoms with van der Waals surface area (Å²) in [6.07, 6.45) is 0. The molecule has 0 spiro atoms. The minimum atomic E-state index is -0.596. The number of aryl methyl sites for hydroxylation is 1. The van der Waals surface area contributed by atoms with Gasteiger partial charge in [0.25, 0.3) is 5.69 Å². The Morgan fingerprint density at radius 2 is 1.78 bits per heavy atom. The molecule has 0 aromatic heterocycles. The number of hydrogen-bond acceptors (Lipinski definition) is 5. The molecule has 8 heteroatoms. The second kappa shape index (κ2) is 12.2. The normalized spacial score (nSPS) is 11.8. The molecule has 2 rings (SSSR count). The standard InChI is InChI=1S/C24H31N3O4S/c1-17(2)13-25-24(29)19(4)26(14-21-7-5-6-18(3)12-21)23(28)16-32-15-20-8-10-22(11-9-20)27(30)31/h5-12,17,19H,13-16H2,1-4H3,(H,25,29)/t19-/m0/s1. The summed E-state index contributed by atoms with van der Waals surface area (Å²) in [5, 5.41) is 13.7. The number of hydrogen-bond donors (Lipinski definition) is 1. The molecule has 1 atom stereocenters. The van der Waals surface area contributed by atoms with E-state index in [0.29, 0.717) is 24.8 Å². The molecular formula is C24H31N3O4S. The van der Waals surface area contributed by atoms with Crippen molar-refractivity contribution in [3.63, 3.8) is 0 Å². The maximum Gasteiger partial charge on any atom is 0.269 e. The molecular weight excluding hydrogens is 426 g/mol. The Morgan fingerprint density at radius 1 is 1.09 bits per heavy atom. The fraction of sp³-hybridized carbons (Fsp3) is 0.417. The third-order valence-electron chi connectivity index (χ3n) is 4.93. The Morgan fingerprint density at radius 3 is 2.38 bits per heavy atom. The van der Waals surface area contributed by atoms with E-state index >= 15 is 0 Å². The zero-order valence-corrected chi connectivity index (χ0v) is 19.9. The summed E-state index contributed by atoms with van der Waals surface area (Å²) in [6, 6.07) is 13.6. The van der Waals surface area contributed by atoms with Gasteiger partial charge in [0.15, 0.2) is 0 Å². The van der Waals surface area contributed by atoms with Gasteiger partial charge in [-0.2, -0.15) is 0 Å². The summed E-state index contributed by atoms with van der Waals surface area (Å²) in [5.74, 6) is 0.801. The van der Waals surface area contributed by atoms with Gasteiger partial charge in [-0.25, -0.2) is 0 Å². The zero-order valence-electron chi connectivity index (χ0n) is 19.0. The van der Waals surface area contributed by atoms with E-state index in [-0.39, 0.29) is 23.3 Å². The molecule has 0 aliphatic heterocycles. The Balaban J connectivity index is 2.04. The number of thioether (sulfide) groups is 1. The molecule has 172 valence electrons. The molecule has 2 aromatic rings. The topological polar surface area (TPSA) is 92.6 Å². The molecule has 0 heterocycles. The summed E-state index contributed by atoms with van der Waals surface area (Å²) in [4.78, 5) is 37.7. The number of non-ortho nitro benzene ring substituents is 1. The van der Waals surface area contributed by atoms with Gasteiger partial charge in [0.1, 0.15) is 6.04 Å². The third-order valence-corrected chi connectivity index (χ3v) is 5.92. The maximum absolute atomic E-state index is 13.1. The van der Waals surface area contributed by atoms with Crippen LogP contribution >= 0.6 is 11.8 Å². The number of nitro benzene ring substituents is 1. The molecule has 0 aliphatic carbocycles. The molecule has 32 heavy (non-hydrogen) atoms. The lowest BCUT2D eigenvalue weighted by Crippen LogP contribution is -2.48. The predicted octanol–water partition coefficient (Wildman–Crippen LogP) is 4.33. The zero-order chi connectivity index (χ0) is 23.7. The van der Waals surface area contributed by atoms with Crippen LogP contribution in [0.25, 0.3) is 0 Å². The minimum Gasteiger partial charge on any atom is -0.354 e. The minimum absolute atomic E-state index is 0.0420. The number of amides is 2. The van der Waals surface area contributed by atoms with Gasteiger partial charge in [-0.15, -0.1) is 11.8 Å². The van der Waals surface area contributed by atoms with Crippen molar-refractivity contribution in [3.8, 4) is 0 Å². The summed E-state index contributed by atoms with van der Waals surface area (Å²) >= 11 is 1.43. The second-order valence-electron chi connectivity index (χ2n) is 8.24. The van der Waals surface area contributed by atoms with E-state index in [4.69, 9.17) is 0 Å². The molecule has 1 N–H and O–H groups in total. The molecule has 0 fully saturated rings. The van der Waals surface area contributed by atoms with Crippen LogP contribution in [0.1, 0.15) is 37.5 Å². The van der Waals surface area contributed by atoms with Gasteiger partial charge >= 0.3 is 0 Å². The number of nitrogens with one attached hydrogen (secondary N) is 1. The molecule has 0 bridgehead atoms. The van der Waals surface area contributed by atoms with Crippen LogP contribution in [0.4, 0.5) is 5.69 Å². The van der Waals surface area contributed by atoms with Crippen LogP contribution in [0.2, 0.25) is 0 Å². The van der Waals surface area contributed by atoms with Crippen molar-refractivity contribution in [2.75, 3.05) is 12.3 Å². The number of rotatable bonds is 11. The van der Waals surface area contributed by atoms with Crippen LogP contribution in [0.3, 0.4) is 0 Å². The van der Waals surface area contributed by atoms with E-state index in [1.807, 2.05) is 45.0 Å². The Hall–Kier alpha value is -2.87.